The predicted octanol–water partition coefficient (Wildman–Crippen LogP) is 0.812. The number of rotatable bonds is 5. The summed E-state index contributed by atoms with van der Waals surface area (Å²) in [7, 11) is 1.23. The number of carbonyl (C=O) groups is 2. The summed E-state index contributed by atoms with van der Waals surface area (Å²) in [4.78, 5) is 30.3. The molecule has 0 saturated heterocycles. The molecule has 0 fully saturated rings. The van der Waals surface area contributed by atoms with Gasteiger partial charge in [-0.3, -0.25) is 4.79 Å². The lowest BCUT2D eigenvalue weighted by molar-refractivity contribution is -0.142. The largest absolute Gasteiger partial charge is 0.466 e. The van der Waals surface area contributed by atoms with Gasteiger partial charge >= 0.3 is 11.9 Å². The van der Waals surface area contributed by atoms with Crippen LogP contribution in [-0.2, 0) is 14.3 Å². The van der Waals surface area contributed by atoms with Crippen LogP contribution in [0.3, 0.4) is 0 Å². The van der Waals surface area contributed by atoms with E-state index in [9.17, 15) is 9.59 Å². The molecule has 0 aromatic carbocycles. The topological polar surface area (TPSA) is 104 Å². The van der Waals surface area contributed by atoms with E-state index in [-0.39, 0.29) is 23.9 Å². The number of ether oxygens (including phenoxy) is 2. The Bertz CT molecular complexity index is 500. The lowest BCUT2D eigenvalue weighted by Gasteiger charge is -2.02. The molecule has 7 heteroatoms. The van der Waals surface area contributed by atoms with Gasteiger partial charge in [-0.05, 0) is 13.0 Å². The van der Waals surface area contributed by atoms with Crippen molar-refractivity contribution >= 4 is 23.8 Å². The summed E-state index contributed by atoms with van der Waals surface area (Å²) in [6, 6.07) is 0. The molecule has 0 amide bonds. The Kier molecular flexibility index (Phi) is 5.46. The highest BCUT2D eigenvalue weighted by Gasteiger charge is 2.13. The molecular formula is C12H15N3O4. The van der Waals surface area contributed by atoms with Crippen molar-refractivity contribution in [3.63, 3.8) is 0 Å². The number of anilines is 1. The fourth-order valence-electron chi connectivity index (χ4n) is 1.24. The van der Waals surface area contributed by atoms with E-state index in [1.807, 2.05) is 0 Å². The van der Waals surface area contributed by atoms with Crippen LogP contribution in [0.25, 0.3) is 6.08 Å². The molecule has 19 heavy (non-hydrogen) atoms. The fraction of sp³-hybridized carbons (Fsp3) is 0.333. The summed E-state index contributed by atoms with van der Waals surface area (Å²) in [5, 5.41) is 0. The minimum atomic E-state index is -0.661. The van der Waals surface area contributed by atoms with Gasteiger partial charge in [-0.2, -0.15) is 0 Å². The van der Waals surface area contributed by atoms with Gasteiger partial charge < -0.3 is 15.2 Å². The van der Waals surface area contributed by atoms with E-state index in [0.717, 1.165) is 0 Å². The van der Waals surface area contributed by atoms with Gasteiger partial charge in [-0.15, -0.1) is 0 Å². The zero-order chi connectivity index (χ0) is 14.3. The monoisotopic (exact) mass is 265 g/mol. The maximum absolute atomic E-state index is 11.4. The molecule has 2 N–H and O–H groups in total. The lowest BCUT2D eigenvalue weighted by Crippen LogP contribution is -2.10. The minimum Gasteiger partial charge on any atom is -0.466 e. The number of nitrogen functional groups attached to an aromatic ring is 1. The summed E-state index contributed by atoms with van der Waals surface area (Å²) >= 11 is 0. The van der Waals surface area contributed by atoms with Crippen molar-refractivity contribution in [2.45, 2.75) is 13.3 Å². The van der Waals surface area contributed by atoms with Gasteiger partial charge in [-0.1, -0.05) is 6.08 Å². The molecule has 0 spiro atoms. The quantitative estimate of drug-likeness (QED) is 0.785. The number of nitrogens with two attached hydrogens (primary N) is 1. The Morgan fingerprint density at radius 3 is 2.84 bits per heavy atom. The van der Waals surface area contributed by atoms with Gasteiger partial charge in [0.2, 0.25) is 0 Å². The van der Waals surface area contributed by atoms with E-state index < -0.39 is 5.97 Å². The Labute approximate surface area is 110 Å². The number of aromatic nitrogens is 2. The molecule has 102 valence electrons. The third-order valence-corrected chi connectivity index (χ3v) is 2.08. The van der Waals surface area contributed by atoms with Crippen molar-refractivity contribution in [3.05, 3.63) is 23.7 Å². The van der Waals surface area contributed by atoms with Crippen molar-refractivity contribution in [1.82, 2.24) is 9.97 Å². The standard InChI is InChI=1S/C12H15N3O4/c1-3-19-9(16)6-4-5-8-7-14-11(13)10(15-8)12(17)18-2/h4-5,7H,3,6H2,1-2H3,(H2,13,14). The highest BCUT2D eigenvalue weighted by atomic mass is 16.5. The van der Waals surface area contributed by atoms with Crippen LogP contribution in [0.15, 0.2) is 12.3 Å². The molecule has 0 bridgehead atoms. The van der Waals surface area contributed by atoms with E-state index in [0.29, 0.717) is 12.3 Å². The van der Waals surface area contributed by atoms with Crippen LogP contribution in [0, 0.1) is 0 Å². The molecule has 0 unspecified atom stereocenters. The van der Waals surface area contributed by atoms with E-state index >= 15 is 0 Å². The molecule has 0 aliphatic carbocycles. The van der Waals surface area contributed by atoms with Gasteiger partial charge in [0.25, 0.3) is 0 Å². The Morgan fingerprint density at radius 1 is 1.47 bits per heavy atom. The first-order chi connectivity index (χ1) is 9.08. The van der Waals surface area contributed by atoms with E-state index in [2.05, 4.69) is 14.7 Å². The number of carbonyl (C=O) groups excluding carboxylic acids is 2. The normalized spacial score (nSPS) is 10.4. The molecular weight excluding hydrogens is 250 g/mol. The summed E-state index contributed by atoms with van der Waals surface area (Å²) in [6.07, 6.45) is 4.63. The highest BCUT2D eigenvalue weighted by molar-refractivity contribution is 5.91. The highest BCUT2D eigenvalue weighted by Crippen LogP contribution is 2.08. The lowest BCUT2D eigenvalue weighted by atomic mass is 10.3. The smallest absolute Gasteiger partial charge is 0.360 e. The fourth-order valence-corrected chi connectivity index (χ4v) is 1.24. The number of hydrogen-bond acceptors (Lipinski definition) is 7. The number of esters is 2. The molecule has 0 aliphatic rings. The maximum Gasteiger partial charge on any atom is 0.360 e. The van der Waals surface area contributed by atoms with Gasteiger partial charge in [-0.25, -0.2) is 14.8 Å². The van der Waals surface area contributed by atoms with Crippen molar-refractivity contribution in [3.8, 4) is 0 Å². The van der Waals surface area contributed by atoms with Crippen LogP contribution in [-0.4, -0.2) is 35.6 Å². The van der Waals surface area contributed by atoms with Crippen molar-refractivity contribution in [2.24, 2.45) is 0 Å². The van der Waals surface area contributed by atoms with Crippen molar-refractivity contribution < 1.29 is 19.1 Å². The van der Waals surface area contributed by atoms with Gasteiger partial charge in [0, 0.05) is 0 Å². The molecule has 1 heterocycles. The average molecular weight is 265 g/mol. The first kappa shape index (κ1) is 14.6. The molecule has 1 aromatic rings. The van der Waals surface area contributed by atoms with Gasteiger partial charge in [0.05, 0.1) is 32.0 Å². The molecule has 0 saturated carbocycles. The predicted molar refractivity (Wildman–Crippen MR) is 68.1 cm³/mol. The molecule has 0 aliphatic heterocycles. The van der Waals surface area contributed by atoms with Crippen LogP contribution in [0.1, 0.15) is 29.5 Å². The summed E-state index contributed by atoms with van der Waals surface area (Å²) < 4.78 is 9.29. The van der Waals surface area contributed by atoms with E-state index in [1.54, 1.807) is 19.1 Å². The van der Waals surface area contributed by atoms with E-state index in [4.69, 9.17) is 10.5 Å². The molecule has 7 nitrogen and oxygen atoms in total. The van der Waals surface area contributed by atoms with Crippen LogP contribution in [0.2, 0.25) is 0 Å². The molecule has 0 atom stereocenters. The molecule has 1 aromatic heterocycles. The Hall–Kier alpha value is -2.44. The molecule has 0 radical (unpaired) electrons. The molecule has 1 rings (SSSR count). The first-order valence-corrected chi connectivity index (χ1v) is 5.61. The van der Waals surface area contributed by atoms with Crippen molar-refractivity contribution in [2.75, 3.05) is 19.5 Å². The van der Waals surface area contributed by atoms with Crippen LogP contribution < -0.4 is 5.73 Å². The second kappa shape index (κ2) is 7.10. The van der Waals surface area contributed by atoms with Gasteiger partial charge in [0.1, 0.15) is 0 Å². The zero-order valence-electron chi connectivity index (χ0n) is 10.8. The maximum atomic E-state index is 11.4. The summed E-state index contributed by atoms with van der Waals surface area (Å²) in [6.45, 7) is 2.07. The van der Waals surface area contributed by atoms with Gasteiger partial charge in [0.15, 0.2) is 11.5 Å². The third-order valence-electron chi connectivity index (χ3n) is 2.08. The minimum absolute atomic E-state index is 0.00519. The zero-order valence-corrected chi connectivity index (χ0v) is 10.8. The first-order valence-electron chi connectivity index (χ1n) is 5.61. The summed E-state index contributed by atoms with van der Waals surface area (Å²) in [5.41, 5.74) is 5.86. The summed E-state index contributed by atoms with van der Waals surface area (Å²) in [5.74, 6) is -1.00. The van der Waals surface area contributed by atoms with Crippen LogP contribution in [0.5, 0.6) is 0 Å². The SMILES string of the molecule is CCOC(=O)CC=Cc1cnc(N)c(C(=O)OC)n1. The second-order valence-electron chi connectivity index (χ2n) is 3.43. The Balaban J connectivity index is 2.77. The number of hydrogen-bond donors (Lipinski definition) is 1. The average Bonchev–Trinajstić information content (AvgIpc) is 2.40. The Morgan fingerprint density at radius 2 is 2.21 bits per heavy atom. The third kappa shape index (κ3) is 4.38. The van der Waals surface area contributed by atoms with Crippen LogP contribution in [0.4, 0.5) is 5.82 Å². The van der Waals surface area contributed by atoms with Crippen molar-refractivity contribution in [1.29, 1.82) is 0 Å². The second-order valence-corrected chi connectivity index (χ2v) is 3.43. The van der Waals surface area contributed by atoms with Crippen LogP contribution >= 0.6 is 0 Å². The van der Waals surface area contributed by atoms with E-state index in [1.165, 1.54) is 13.3 Å². The number of methoxy groups -OCH3 is 1. The number of nitrogens with zero attached hydrogens (tertiary/aromatic N) is 2.